The molecule has 4 aromatic rings. The zero-order valence-corrected chi connectivity index (χ0v) is 13.0. The third-order valence-corrected chi connectivity index (χ3v) is 4.37. The van der Waals surface area contributed by atoms with Crippen LogP contribution in [0.25, 0.3) is 22.6 Å². The molecule has 1 aromatic carbocycles. The summed E-state index contributed by atoms with van der Waals surface area (Å²) in [6.07, 6.45) is 3.18. The van der Waals surface area contributed by atoms with E-state index in [1.165, 1.54) is 0 Å². The minimum absolute atomic E-state index is 0.0153. The molecule has 0 spiro atoms. The van der Waals surface area contributed by atoms with Crippen LogP contribution in [0, 0.1) is 0 Å². The Bertz CT molecular complexity index is 1040. The van der Waals surface area contributed by atoms with Crippen molar-refractivity contribution in [2.75, 3.05) is 13.1 Å². The second-order valence-electron chi connectivity index (χ2n) is 5.98. The van der Waals surface area contributed by atoms with Crippen LogP contribution in [0.15, 0.2) is 51.9 Å². The van der Waals surface area contributed by atoms with E-state index in [1.807, 2.05) is 12.1 Å². The number of furan rings is 1. The van der Waals surface area contributed by atoms with Gasteiger partial charge in [-0.1, -0.05) is 5.16 Å². The van der Waals surface area contributed by atoms with Crippen LogP contribution in [0.2, 0.25) is 0 Å². The van der Waals surface area contributed by atoms with Gasteiger partial charge < -0.3 is 18.8 Å². The van der Waals surface area contributed by atoms with Crippen molar-refractivity contribution in [3.05, 3.63) is 54.4 Å². The molecule has 0 bridgehead atoms. The third-order valence-electron chi connectivity index (χ3n) is 4.37. The molecule has 1 amide bonds. The lowest BCUT2D eigenvalue weighted by molar-refractivity contribution is 0.0569. The maximum atomic E-state index is 12.6. The molecule has 0 aliphatic carbocycles. The number of likely N-dealkylation sites (tertiary alicyclic amines) is 1. The number of fused-ring (bicyclic) bond motifs is 1. The first-order chi connectivity index (χ1) is 12.3. The highest BCUT2D eigenvalue weighted by molar-refractivity contribution is 5.97. The maximum absolute atomic E-state index is 12.6. The number of hydrogen-bond donors (Lipinski definition) is 1. The molecule has 124 valence electrons. The van der Waals surface area contributed by atoms with Gasteiger partial charge in [-0.2, -0.15) is 4.98 Å². The van der Waals surface area contributed by atoms with Gasteiger partial charge in [-0.3, -0.25) is 4.79 Å². The lowest BCUT2D eigenvalue weighted by atomic mass is 9.98. The van der Waals surface area contributed by atoms with E-state index in [9.17, 15) is 4.79 Å². The minimum atomic E-state index is -0.0153. The summed E-state index contributed by atoms with van der Waals surface area (Å²) in [5, 5.41) is 3.92. The number of imidazole rings is 1. The van der Waals surface area contributed by atoms with Gasteiger partial charge in [0, 0.05) is 18.7 Å². The summed E-state index contributed by atoms with van der Waals surface area (Å²) in [4.78, 5) is 25.9. The number of nitrogens with zero attached hydrogens (tertiary/aromatic N) is 4. The topological polar surface area (TPSA) is 101 Å². The summed E-state index contributed by atoms with van der Waals surface area (Å²) in [6, 6.07) is 8.99. The average Bonchev–Trinajstić information content (AvgIpc) is 3.33. The first-order valence-corrected chi connectivity index (χ1v) is 7.88. The average molecular weight is 335 g/mol. The normalized spacial score (nSPS) is 14.8. The number of benzene rings is 1. The van der Waals surface area contributed by atoms with Crippen molar-refractivity contribution >= 4 is 16.9 Å². The number of rotatable bonds is 3. The zero-order valence-electron chi connectivity index (χ0n) is 13.0. The van der Waals surface area contributed by atoms with Gasteiger partial charge in [0.05, 0.1) is 29.5 Å². The van der Waals surface area contributed by atoms with E-state index in [1.54, 1.807) is 35.7 Å². The van der Waals surface area contributed by atoms with Crippen LogP contribution >= 0.6 is 0 Å². The summed E-state index contributed by atoms with van der Waals surface area (Å²) in [5.74, 6) is 1.55. The van der Waals surface area contributed by atoms with Crippen LogP contribution in [-0.2, 0) is 0 Å². The molecule has 8 heteroatoms. The molecule has 0 saturated carbocycles. The number of aromatic amines is 1. The fourth-order valence-electron chi connectivity index (χ4n) is 2.96. The highest BCUT2D eigenvalue weighted by atomic mass is 16.5. The highest BCUT2D eigenvalue weighted by Crippen LogP contribution is 2.29. The molecule has 0 radical (unpaired) electrons. The lowest BCUT2D eigenvalue weighted by Crippen LogP contribution is -2.48. The van der Waals surface area contributed by atoms with Crippen LogP contribution in [0.1, 0.15) is 22.2 Å². The SMILES string of the molecule is O=C(c1ccc2nc[nH]c2c1)N1CC(c2nc(-c3ccco3)no2)C1. The number of hydrogen-bond acceptors (Lipinski definition) is 6. The second kappa shape index (κ2) is 5.30. The number of carbonyl (C=O) groups is 1. The Morgan fingerprint density at radius 1 is 1.28 bits per heavy atom. The molecule has 1 saturated heterocycles. The Morgan fingerprint density at radius 2 is 2.20 bits per heavy atom. The Morgan fingerprint density at radius 3 is 3.04 bits per heavy atom. The molecule has 5 rings (SSSR count). The Kier molecular flexibility index (Phi) is 2.96. The molecule has 25 heavy (non-hydrogen) atoms. The molecular weight excluding hydrogens is 322 g/mol. The highest BCUT2D eigenvalue weighted by Gasteiger charge is 2.36. The van der Waals surface area contributed by atoms with Gasteiger partial charge in [0.1, 0.15) is 0 Å². The lowest BCUT2D eigenvalue weighted by Gasteiger charge is -2.37. The predicted molar refractivity (Wildman–Crippen MR) is 86.7 cm³/mol. The van der Waals surface area contributed by atoms with E-state index in [4.69, 9.17) is 8.94 Å². The van der Waals surface area contributed by atoms with Crippen LogP contribution in [0.4, 0.5) is 0 Å². The van der Waals surface area contributed by atoms with Crippen LogP contribution in [0.5, 0.6) is 0 Å². The fourth-order valence-corrected chi connectivity index (χ4v) is 2.96. The van der Waals surface area contributed by atoms with Gasteiger partial charge in [-0.25, -0.2) is 4.98 Å². The summed E-state index contributed by atoms with van der Waals surface area (Å²) < 4.78 is 10.6. The maximum Gasteiger partial charge on any atom is 0.253 e. The fraction of sp³-hybridized carbons (Fsp3) is 0.176. The smallest absolute Gasteiger partial charge is 0.253 e. The quantitative estimate of drug-likeness (QED) is 0.617. The largest absolute Gasteiger partial charge is 0.461 e. The molecule has 0 atom stereocenters. The summed E-state index contributed by atoms with van der Waals surface area (Å²) >= 11 is 0. The number of nitrogens with one attached hydrogen (secondary N) is 1. The van der Waals surface area contributed by atoms with E-state index < -0.39 is 0 Å². The van der Waals surface area contributed by atoms with Gasteiger partial charge in [0.15, 0.2) is 5.76 Å². The number of carbonyl (C=O) groups excluding carboxylic acids is 1. The molecule has 1 N–H and O–H groups in total. The van der Waals surface area contributed by atoms with Crippen molar-refractivity contribution in [3.8, 4) is 11.6 Å². The van der Waals surface area contributed by atoms with Crippen molar-refractivity contribution in [1.29, 1.82) is 0 Å². The summed E-state index contributed by atoms with van der Waals surface area (Å²) in [5.41, 5.74) is 2.33. The molecule has 0 unspecified atom stereocenters. The molecule has 3 aromatic heterocycles. The summed E-state index contributed by atoms with van der Waals surface area (Å²) in [6.45, 7) is 1.11. The van der Waals surface area contributed by atoms with Gasteiger partial charge in [-0.05, 0) is 30.3 Å². The van der Waals surface area contributed by atoms with Crippen LogP contribution in [-0.4, -0.2) is 44.0 Å². The van der Waals surface area contributed by atoms with Crippen LogP contribution < -0.4 is 0 Å². The van der Waals surface area contributed by atoms with E-state index >= 15 is 0 Å². The van der Waals surface area contributed by atoms with E-state index in [0.29, 0.717) is 36.1 Å². The minimum Gasteiger partial charge on any atom is -0.461 e. The number of H-pyrrole nitrogens is 1. The van der Waals surface area contributed by atoms with Crippen molar-refractivity contribution < 1.29 is 13.7 Å². The van der Waals surface area contributed by atoms with Crippen molar-refractivity contribution in [1.82, 2.24) is 25.0 Å². The predicted octanol–water partition coefficient (Wildman–Crippen LogP) is 2.45. The van der Waals surface area contributed by atoms with Crippen molar-refractivity contribution in [2.45, 2.75) is 5.92 Å². The van der Waals surface area contributed by atoms with E-state index in [2.05, 4.69) is 20.1 Å². The Balaban J connectivity index is 1.29. The first-order valence-electron chi connectivity index (χ1n) is 7.88. The van der Waals surface area contributed by atoms with Gasteiger partial charge in [0.25, 0.3) is 5.91 Å². The first kappa shape index (κ1) is 14.0. The van der Waals surface area contributed by atoms with Gasteiger partial charge in [0.2, 0.25) is 11.7 Å². The second-order valence-corrected chi connectivity index (χ2v) is 5.98. The van der Waals surface area contributed by atoms with Gasteiger partial charge in [-0.15, -0.1) is 0 Å². The monoisotopic (exact) mass is 335 g/mol. The van der Waals surface area contributed by atoms with E-state index in [0.717, 1.165) is 11.0 Å². The Labute approximate surface area is 141 Å². The van der Waals surface area contributed by atoms with Crippen molar-refractivity contribution in [2.24, 2.45) is 0 Å². The molecule has 1 aliphatic rings. The number of amides is 1. The molecular formula is C17H13N5O3. The Hall–Kier alpha value is -3.42. The zero-order chi connectivity index (χ0) is 16.8. The van der Waals surface area contributed by atoms with Crippen molar-refractivity contribution in [3.63, 3.8) is 0 Å². The third kappa shape index (κ3) is 2.30. The van der Waals surface area contributed by atoms with Crippen LogP contribution in [0.3, 0.4) is 0 Å². The molecule has 4 heterocycles. The molecule has 1 aliphatic heterocycles. The van der Waals surface area contributed by atoms with E-state index in [-0.39, 0.29) is 11.8 Å². The number of aromatic nitrogens is 4. The molecule has 8 nitrogen and oxygen atoms in total. The standard InChI is InChI=1S/C17H13N5O3/c23-17(10-3-4-12-13(6-10)19-9-18-12)22-7-11(8-22)16-20-15(21-25-16)14-2-1-5-24-14/h1-6,9,11H,7-8H2,(H,18,19). The summed E-state index contributed by atoms with van der Waals surface area (Å²) in [7, 11) is 0. The van der Waals surface area contributed by atoms with Gasteiger partial charge >= 0.3 is 0 Å². The molecule has 1 fully saturated rings.